The van der Waals surface area contributed by atoms with Gasteiger partial charge in [0.05, 0.1) is 6.42 Å². The van der Waals surface area contributed by atoms with E-state index in [2.05, 4.69) is 46.4 Å². The molecule has 0 fully saturated rings. The first-order valence-electron chi connectivity index (χ1n) is 7.21. The van der Waals surface area contributed by atoms with Gasteiger partial charge in [-0.15, -0.1) is 0 Å². The van der Waals surface area contributed by atoms with E-state index in [1.54, 1.807) is 0 Å². The molecule has 0 radical (unpaired) electrons. The quantitative estimate of drug-likeness (QED) is 0.685. The van der Waals surface area contributed by atoms with Gasteiger partial charge in [-0.2, -0.15) is 0 Å². The lowest BCUT2D eigenvalue weighted by Gasteiger charge is -2.36. The highest BCUT2D eigenvalue weighted by Crippen LogP contribution is 2.21. The van der Waals surface area contributed by atoms with Crippen LogP contribution in [0.15, 0.2) is 0 Å². The maximum Gasteiger partial charge on any atom is 0.304 e. The van der Waals surface area contributed by atoms with Crippen LogP contribution in [-0.2, 0) is 4.79 Å². The van der Waals surface area contributed by atoms with E-state index in [4.69, 9.17) is 5.11 Å². The second kappa shape index (κ2) is 8.52. The van der Waals surface area contributed by atoms with E-state index >= 15 is 0 Å². The fourth-order valence-electron chi connectivity index (χ4n) is 2.54. The van der Waals surface area contributed by atoms with Gasteiger partial charge in [0, 0.05) is 18.6 Å². The Hall–Kier alpha value is -0.570. The highest BCUT2D eigenvalue weighted by Gasteiger charge is 2.23. The Morgan fingerprint density at radius 2 is 1.44 bits per heavy atom. The molecule has 18 heavy (non-hydrogen) atoms. The van der Waals surface area contributed by atoms with Gasteiger partial charge < -0.3 is 5.11 Å². The molecule has 0 unspecified atom stereocenters. The molecular weight excluding hydrogens is 226 g/mol. The number of rotatable bonds is 9. The van der Waals surface area contributed by atoms with E-state index < -0.39 is 5.97 Å². The van der Waals surface area contributed by atoms with E-state index in [1.165, 1.54) is 0 Å². The molecule has 0 aliphatic carbocycles. The van der Waals surface area contributed by atoms with Gasteiger partial charge in [-0.05, 0) is 38.5 Å². The number of nitrogens with zero attached hydrogens (tertiary/aromatic N) is 1. The molecule has 1 N–H and O–H groups in total. The summed E-state index contributed by atoms with van der Waals surface area (Å²) in [4.78, 5) is 13.1. The van der Waals surface area contributed by atoms with Crippen molar-refractivity contribution in [3.05, 3.63) is 0 Å². The standard InChI is InChI=1S/C15H31NO2/c1-11(2)9-14(10-12(3)4)16(13(5)6)8-7-15(17)18/h11-14H,7-10H2,1-6H3,(H,17,18). The molecule has 108 valence electrons. The Morgan fingerprint density at radius 3 is 1.72 bits per heavy atom. The highest BCUT2D eigenvalue weighted by molar-refractivity contribution is 5.66. The average Bonchev–Trinajstić information content (AvgIpc) is 2.14. The molecule has 0 aromatic heterocycles. The van der Waals surface area contributed by atoms with Gasteiger partial charge in [-0.3, -0.25) is 9.69 Å². The van der Waals surface area contributed by atoms with E-state index in [-0.39, 0.29) is 6.42 Å². The fraction of sp³-hybridized carbons (Fsp3) is 0.933. The second-order valence-electron chi connectivity index (χ2n) is 6.39. The number of carboxylic acid groups (broad SMARTS) is 1. The minimum atomic E-state index is -0.700. The Balaban J connectivity index is 4.67. The van der Waals surface area contributed by atoms with E-state index in [9.17, 15) is 4.79 Å². The zero-order chi connectivity index (χ0) is 14.3. The van der Waals surface area contributed by atoms with Gasteiger partial charge >= 0.3 is 5.97 Å². The van der Waals surface area contributed by atoms with Crippen LogP contribution in [0.4, 0.5) is 0 Å². The smallest absolute Gasteiger partial charge is 0.304 e. The third-order valence-corrected chi connectivity index (χ3v) is 3.20. The maximum absolute atomic E-state index is 10.8. The van der Waals surface area contributed by atoms with Crippen molar-refractivity contribution in [3.63, 3.8) is 0 Å². The van der Waals surface area contributed by atoms with E-state index in [0.29, 0.717) is 30.5 Å². The van der Waals surface area contributed by atoms with Gasteiger partial charge in [-0.1, -0.05) is 27.7 Å². The highest BCUT2D eigenvalue weighted by atomic mass is 16.4. The molecule has 0 bridgehead atoms. The van der Waals surface area contributed by atoms with Crippen LogP contribution in [-0.4, -0.2) is 34.6 Å². The summed E-state index contributed by atoms with van der Waals surface area (Å²) in [7, 11) is 0. The zero-order valence-electron chi connectivity index (χ0n) is 12.9. The Labute approximate surface area is 113 Å². The number of hydrogen-bond acceptors (Lipinski definition) is 2. The van der Waals surface area contributed by atoms with Crippen molar-refractivity contribution in [2.75, 3.05) is 6.54 Å². The fourth-order valence-corrected chi connectivity index (χ4v) is 2.54. The summed E-state index contributed by atoms with van der Waals surface area (Å²) in [5, 5.41) is 8.86. The lowest BCUT2D eigenvalue weighted by molar-refractivity contribution is -0.137. The summed E-state index contributed by atoms with van der Waals surface area (Å²) in [6.07, 6.45) is 2.54. The van der Waals surface area contributed by atoms with Crippen LogP contribution in [0.3, 0.4) is 0 Å². The Morgan fingerprint density at radius 1 is 1.00 bits per heavy atom. The molecule has 3 nitrogen and oxygen atoms in total. The third kappa shape index (κ3) is 7.70. The predicted molar refractivity (Wildman–Crippen MR) is 76.8 cm³/mol. The lowest BCUT2D eigenvalue weighted by Crippen LogP contribution is -2.43. The van der Waals surface area contributed by atoms with Gasteiger partial charge in [0.15, 0.2) is 0 Å². The van der Waals surface area contributed by atoms with Gasteiger partial charge in [0.25, 0.3) is 0 Å². The maximum atomic E-state index is 10.8. The average molecular weight is 257 g/mol. The SMILES string of the molecule is CC(C)CC(CC(C)C)N(CCC(=O)O)C(C)C. The molecule has 0 rings (SSSR count). The van der Waals surface area contributed by atoms with Crippen molar-refractivity contribution in [1.82, 2.24) is 4.90 Å². The molecule has 0 aromatic carbocycles. The Bertz CT molecular complexity index is 227. The third-order valence-electron chi connectivity index (χ3n) is 3.20. The zero-order valence-corrected chi connectivity index (χ0v) is 12.9. The van der Waals surface area contributed by atoms with Crippen LogP contribution in [0.5, 0.6) is 0 Å². The van der Waals surface area contributed by atoms with Crippen LogP contribution < -0.4 is 0 Å². The van der Waals surface area contributed by atoms with Crippen molar-refractivity contribution < 1.29 is 9.90 Å². The topological polar surface area (TPSA) is 40.5 Å². The predicted octanol–water partition coefficient (Wildman–Crippen LogP) is 3.63. The molecule has 0 aliphatic heterocycles. The van der Waals surface area contributed by atoms with Crippen molar-refractivity contribution >= 4 is 5.97 Å². The van der Waals surface area contributed by atoms with Gasteiger partial charge in [0.1, 0.15) is 0 Å². The number of aliphatic carboxylic acids is 1. The normalized spacial score (nSPS) is 12.4. The molecule has 0 saturated carbocycles. The minimum Gasteiger partial charge on any atom is -0.481 e. The van der Waals surface area contributed by atoms with Crippen LogP contribution in [0.2, 0.25) is 0 Å². The Kier molecular flexibility index (Phi) is 8.25. The molecular formula is C15H31NO2. The molecule has 0 atom stereocenters. The van der Waals surface area contributed by atoms with Crippen molar-refractivity contribution in [2.24, 2.45) is 11.8 Å². The first-order valence-corrected chi connectivity index (χ1v) is 7.21. The van der Waals surface area contributed by atoms with Crippen LogP contribution in [0, 0.1) is 11.8 Å². The number of carbonyl (C=O) groups is 1. The van der Waals surface area contributed by atoms with Gasteiger partial charge in [-0.25, -0.2) is 0 Å². The minimum absolute atomic E-state index is 0.241. The molecule has 0 spiro atoms. The number of hydrogen-bond donors (Lipinski definition) is 1. The molecule has 0 aromatic rings. The van der Waals surface area contributed by atoms with Gasteiger partial charge in [0.2, 0.25) is 0 Å². The second-order valence-corrected chi connectivity index (χ2v) is 6.39. The summed E-state index contributed by atoms with van der Waals surface area (Å²) >= 11 is 0. The van der Waals surface area contributed by atoms with Crippen molar-refractivity contribution in [2.45, 2.75) is 72.9 Å². The molecule has 3 heteroatoms. The first kappa shape index (κ1) is 17.4. The number of carboxylic acids is 1. The van der Waals surface area contributed by atoms with Crippen molar-refractivity contribution in [3.8, 4) is 0 Å². The first-order chi connectivity index (χ1) is 8.23. The summed E-state index contributed by atoms with van der Waals surface area (Å²) in [6, 6.07) is 0.913. The van der Waals surface area contributed by atoms with Crippen molar-refractivity contribution in [1.29, 1.82) is 0 Å². The van der Waals surface area contributed by atoms with E-state index in [1.807, 2.05) is 0 Å². The molecule has 0 amide bonds. The van der Waals surface area contributed by atoms with Crippen LogP contribution >= 0.6 is 0 Å². The summed E-state index contributed by atoms with van der Waals surface area (Å²) in [5.41, 5.74) is 0. The summed E-state index contributed by atoms with van der Waals surface area (Å²) in [6.45, 7) is 13.9. The van der Waals surface area contributed by atoms with E-state index in [0.717, 1.165) is 12.8 Å². The lowest BCUT2D eigenvalue weighted by atomic mass is 9.93. The monoisotopic (exact) mass is 257 g/mol. The molecule has 0 aliphatic rings. The summed E-state index contributed by atoms with van der Waals surface area (Å²) in [5.74, 6) is 0.605. The largest absolute Gasteiger partial charge is 0.481 e. The van der Waals surface area contributed by atoms with Crippen LogP contribution in [0.25, 0.3) is 0 Å². The van der Waals surface area contributed by atoms with Crippen LogP contribution in [0.1, 0.15) is 60.8 Å². The molecule has 0 heterocycles. The molecule has 0 saturated heterocycles. The summed E-state index contributed by atoms with van der Waals surface area (Å²) < 4.78 is 0.